The van der Waals surface area contributed by atoms with Crippen LogP contribution in [0.2, 0.25) is 0 Å². The van der Waals surface area contributed by atoms with E-state index in [1.165, 1.54) is 4.90 Å². The van der Waals surface area contributed by atoms with Crippen LogP contribution < -0.4 is 15.4 Å². The number of benzene rings is 1. The zero-order valence-electron chi connectivity index (χ0n) is 24.2. The second-order valence-corrected chi connectivity index (χ2v) is 11.7. The second-order valence-electron chi connectivity index (χ2n) is 11.7. The molecule has 1 aliphatic carbocycles. The first-order chi connectivity index (χ1) is 19.5. The van der Waals surface area contributed by atoms with Gasteiger partial charge in [-0.25, -0.2) is 4.79 Å². The van der Waals surface area contributed by atoms with Gasteiger partial charge in [-0.05, 0) is 52.0 Å². The summed E-state index contributed by atoms with van der Waals surface area (Å²) in [6.07, 6.45) is -3.81. The van der Waals surface area contributed by atoms with Gasteiger partial charge in [0.1, 0.15) is 17.5 Å². The van der Waals surface area contributed by atoms with Crippen molar-refractivity contribution < 1.29 is 47.2 Å². The number of alkyl halides is 3. The summed E-state index contributed by atoms with van der Waals surface area (Å²) in [6, 6.07) is 6.52. The zero-order chi connectivity index (χ0) is 31.6. The quantitative estimate of drug-likeness (QED) is 0.304. The first kappa shape index (κ1) is 33.1. The number of ether oxygens (including phenoxy) is 2. The highest BCUT2D eigenvalue weighted by molar-refractivity contribution is 5.99. The molecule has 2 heterocycles. The minimum Gasteiger partial charge on any atom is -0.485 e. The number of guanidine groups is 1. The lowest BCUT2D eigenvalue weighted by molar-refractivity contribution is -0.192. The van der Waals surface area contributed by atoms with Crippen LogP contribution in [-0.4, -0.2) is 82.0 Å². The fourth-order valence-electron chi connectivity index (χ4n) is 5.38. The smallest absolute Gasteiger partial charge is 0.485 e. The minimum absolute atomic E-state index is 0.0810. The molecule has 2 fully saturated rings. The average Bonchev–Trinajstić information content (AvgIpc) is 3.68. The lowest BCUT2D eigenvalue weighted by atomic mass is 9.86. The molecule has 42 heavy (non-hydrogen) atoms. The third-order valence-electron chi connectivity index (χ3n) is 8.07. The largest absolute Gasteiger partial charge is 0.490 e. The molecular formula is C28H39F3N4O7. The van der Waals surface area contributed by atoms with E-state index in [2.05, 4.69) is 10.6 Å². The van der Waals surface area contributed by atoms with Crippen molar-refractivity contribution in [3.63, 3.8) is 0 Å². The Morgan fingerprint density at radius 3 is 2.45 bits per heavy atom. The average molecular weight is 601 g/mol. The van der Waals surface area contributed by atoms with Gasteiger partial charge in [-0.3, -0.25) is 19.9 Å². The molecule has 0 spiro atoms. The van der Waals surface area contributed by atoms with Crippen molar-refractivity contribution in [3.05, 3.63) is 29.8 Å². The fourth-order valence-corrected chi connectivity index (χ4v) is 5.38. The normalized spacial score (nSPS) is 28.7. The molecular weight excluding hydrogens is 561 g/mol. The van der Waals surface area contributed by atoms with Crippen LogP contribution in [0.5, 0.6) is 5.75 Å². The predicted molar refractivity (Wildman–Crippen MR) is 145 cm³/mol. The number of rotatable bonds is 8. The Kier molecular flexibility index (Phi) is 9.82. The van der Waals surface area contributed by atoms with Crippen molar-refractivity contribution in [1.82, 2.24) is 15.5 Å². The highest BCUT2D eigenvalue weighted by Crippen LogP contribution is 2.47. The van der Waals surface area contributed by atoms with Gasteiger partial charge < -0.3 is 30.3 Å². The van der Waals surface area contributed by atoms with E-state index >= 15 is 0 Å². The van der Waals surface area contributed by atoms with E-state index < -0.39 is 35.4 Å². The van der Waals surface area contributed by atoms with Crippen LogP contribution >= 0.6 is 0 Å². The number of fused-ring (bicyclic) bond motifs is 1. The highest BCUT2D eigenvalue weighted by atomic mass is 19.4. The van der Waals surface area contributed by atoms with Crippen molar-refractivity contribution >= 4 is 23.7 Å². The van der Waals surface area contributed by atoms with Gasteiger partial charge in [0.2, 0.25) is 11.8 Å². The summed E-state index contributed by atoms with van der Waals surface area (Å²) in [5.41, 5.74) is -0.545. The van der Waals surface area contributed by atoms with E-state index in [1.54, 1.807) is 21.0 Å². The molecule has 0 bridgehead atoms. The molecule has 1 aromatic rings. The predicted octanol–water partition coefficient (Wildman–Crippen LogP) is 2.98. The molecule has 234 valence electrons. The SMILES string of the molecule is CC[C@]1(C)CC(=O)N(C(CCOC)[C@@H]2C[C@H]2C(=O)N[C@@H]2c3ccccc3OC(C)(C)[C@H]2O)C(=N)N1.O=C(O)C(F)(F)F. The first-order valence-electron chi connectivity index (χ1n) is 13.7. The van der Waals surface area contributed by atoms with Crippen LogP contribution in [0.3, 0.4) is 0 Å². The summed E-state index contributed by atoms with van der Waals surface area (Å²) in [4.78, 5) is 36.9. The van der Waals surface area contributed by atoms with Crippen molar-refractivity contribution in [2.24, 2.45) is 11.8 Å². The maximum atomic E-state index is 13.4. The molecule has 14 heteroatoms. The van der Waals surface area contributed by atoms with Crippen LogP contribution in [0.4, 0.5) is 13.2 Å². The Labute approximate surface area is 242 Å². The number of carbonyl (C=O) groups is 3. The lowest BCUT2D eigenvalue weighted by Gasteiger charge is -2.43. The lowest BCUT2D eigenvalue weighted by Crippen LogP contribution is -2.63. The van der Waals surface area contributed by atoms with Crippen molar-refractivity contribution in [1.29, 1.82) is 5.41 Å². The summed E-state index contributed by atoms with van der Waals surface area (Å²) in [5, 5.41) is 32.9. The number of methoxy groups -OCH3 is 1. The summed E-state index contributed by atoms with van der Waals surface area (Å²) in [5.74, 6) is -2.65. The number of hydrogen-bond acceptors (Lipinski definition) is 7. The molecule has 1 saturated carbocycles. The number of halogens is 3. The highest BCUT2D eigenvalue weighted by Gasteiger charge is 2.54. The zero-order valence-corrected chi connectivity index (χ0v) is 24.2. The van der Waals surface area contributed by atoms with Gasteiger partial charge in [0.05, 0.1) is 12.5 Å². The number of carbonyl (C=O) groups excluding carboxylic acids is 2. The molecule has 0 aromatic heterocycles. The van der Waals surface area contributed by atoms with Gasteiger partial charge in [0.15, 0.2) is 5.96 Å². The van der Waals surface area contributed by atoms with Crippen LogP contribution in [0, 0.1) is 17.2 Å². The van der Waals surface area contributed by atoms with E-state index in [1.807, 2.05) is 38.1 Å². The fraction of sp³-hybridized carbons (Fsp3) is 0.643. The number of hydrogen-bond donors (Lipinski definition) is 5. The molecule has 3 aliphatic rings. The Balaban J connectivity index is 0.000000616. The summed E-state index contributed by atoms with van der Waals surface area (Å²) >= 11 is 0. The minimum atomic E-state index is -5.08. The van der Waals surface area contributed by atoms with Gasteiger partial charge in [0.25, 0.3) is 0 Å². The Morgan fingerprint density at radius 2 is 1.90 bits per heavy atom. The Bertz CT molecular complexity index is 1170. The van der Waals surface area contributed by atoms with Gasteiger partial charge in [-0.1, -0.05) is 25.1 Å². The number of aliphatic hydroxyl groups is 1. The Morgan fingerprint density at radius 1 is 1.29 bits per heavy atom. The molecule has 11 nitrogen and oxygen atoms in total. The van der Waals surface area contributed by atoms with Crippen LogP contribution in [-0.2, 0) is 19.1 Å². The van der Waals surface area contributed by atoms with E-state index in [0.717, 1.165) is 12.0 Å². The molecule has 1 aromatic carbocycles. The number of nitrogens with one attached hydrogen (secondary N) is 3. The molecule has 5 N–H and O–H groups in total. The van der Waals surface area contributed by atoms with E-state index in [9.17, 15) is 27.9 Å². The topological polar surface area (TPSA) is 161 Å². The maximum Gasteiger partial charge on any atom is 0.490 e. The number of nitrogens with zero attached hydrogens (tertiary/aromatic N) is 1. The van der Waals surface area contributed by atoms with Crippen LogP contribution in [0.1, 0.15) is 65.0 Å². The van der Waals surface area contributed by atoms with E-state index in [0.29, 0.717) is 31.6 Å². The van der Waals surface area contributed by atoms with E-state index in [-0.39, 0.29) is 35.7 Å². The molecule has 0 radical (unpaired) electrons. The summed E-state index contributed by atoms with van der Waals surface area (Å²) in [7, 11) is 1.61. The summed E-state index contributed by atoms with van der Waals surface area (Å²) in [6.45, 7) is 7.98. The molecule has 2 aliphatic heterocycles. The van der Waals surface area contributed by atoms with Gasteiger partial charge in [-0.15, -0.1) is 0 Å². The molecule has 1 unspecified atom stereocenters. The van der Waals surface area contributed by atoms with Gasteiger partial charge in [0, 0.05) is 36.8 Å². The van der Waals surface area contributed by atoms with Crippen molar-refractivity contribution in [2.75, 3.05) is 13.7 Å². The summed E-state index contributed by atoms with van der Waals surface area (Å²) < 4.78 is 43.0. The number of aliphatic carboxylic acids is 1. The standard InChI is InChI=1S/C26H38N4O5.C2HF3O2/c1-6-26(4)14-20(31)30(24(27)29-26)18(11-12-34-5)16-13-17(16)23(33)28-21-15-9-7-8-10-19(15)35-25(2,3)22(21)32;3-2(4,5)1(6)7/h7-10,16-18,21-22,32H,6,11-14H2,1-5H3,(H2,27,29)(H,28,33);(H,6,7)/t16-,17-,18?,21-,22+,26-;/m1./s1. The Hall–Kier alpha value is -3.39. The van der Waals surface area contributed by atoms with Crippen molar-refractivity contribution in [3.8, 4) is 5.75 Å². The number of para-hydroxylation sites is 1. The van der Waals surface area contributed by atoms with E-state index in [4.69, 9.17) is 24.8 Å². The number of carboxylic acid groups (broad SMARTS) is 1. The number of carboxylic acids is 1. The second kappa shape index (κ2) is 12.5. The molecule has 6 atom stereocenters. The number of aliphatic hydroxyl groups excluding tert-OH is 1. The van der Waals surface area contributed by atoms with Crippen molar-refractivity contribution in [2.45, 2.75) is 88.9 Å². The van der Waals surface area contributed by atoms with Gasteiger partial charge >= 0.3 is 12.1 Å². The third kappa shape index (κ3) is 7.33. The molecule has 1 saturated heterocycles. The number of amides is 2. The third-order valence-corrected chi connectivity index (χ3v) is 8.07. The molecule has 2 amide bonds. The van der Waals surface area contributed by atoms with Crippen LogP contribution in [0.25, 0.3) is 0 Å². The van der Waals surface area contributed by atoms with Crippen LogP contribution in [0.15, 0.2) is 24.3 Å². The molecule has 4 rings (SSSR count). The monoisotopic (exact) mass is 600 g/mol. The maximum absolute atomic E-state index is 13.4. The first-order valence-corrected chi connectivity index (χ1v) is 13.7. The van der Waals surface area contributed by atoms with Gasteiger partial charge in [-0.2, -0.15) is 13.2 Å².